The summed E-state index contributed by atoms with van der Waals surface area (Å²) < 4.78 is 1.75. The van der Waals surface area contributed by atoms with Crippen molar-refractivity contribution in [3.05, 3.63) is 40.7 Å². The second-order valence-corrected chi connectivity index (χ2v) is 3.96. The number of aryl methyl sites for hydroxylation is 2. The van der Waals surface area contributed by atoms with Crippen molar-refractivity contribution in [3.63, 3.8) is 0 Å². The van der Waals surface area contributed by atoms with Crippen LogP contribution in [0.15, 0.2) is 24.4 Å². The molecule has 15 heavy (non-hydrogen) atoms. The summed E-state index contributed by atoms with van der Waals surface area (Å²) in [4.78, 5) is 0. The highest BCUT2D eigenvalue weighted by atomic mass is 35.5. The number of hydrogen-bond acceptors (Lipinski definition) is 2. The molecule has 0 radical (unpaired) electrons. The summed E-state index contributed by atoms with van der Waals surface area (Å²) in [5.74, 6) is 0. The molecule has 0 spiro atoms. The van der Waals surface area contributed by atoms with Crippen molar-refractivity contribution in [2.45, 2.75) is 13.8 Å². The third kappa shape index (κ3) is 1.83. The van der Waals surface area contributed by atoms with E-state index in [2.05, 4.69) is 5.10 Å². The van der Waals surface area contributed by atoms with E-state index in [1.807, 2.05) is 32.0 Å². The molecule has 0 saturated carbocycles. The topological polar surface area (TPSA) is 43.8 Å². The molecular weight excluding hydrogens is 210 g/mol. The number of nitrogens with zero attached hydrogens (tertiary/aromatic N) is 2. The number of anilines is 1. The van der Waals surface area contributed by atoms with Crippen LogP contribution in [0.1, 0.15) is 11.3 Å². The summed E-state index contributed by atoms with van der Waals surface area (Å²) in [7, 11) is 0. The molecule has 78 valence electrons. The Hall–Kier alpha value is -1.48. The first-order valence-corrected chi connectivity index (χ1v) is 5.04. The van der Waals surface area contributed by atoms with E-state index in [4.69, 9.17) is 17.3 Å². The summed E-state index contributed by atoms with van der Waals surface area (Å²) >= 11 is 5.94. The van der Waals surface area contributed by atoms with E-state index in [0.717, 1.165) is 22.6 Å². The monoisotopic (exact) mass is 221 g/mol. The maximum atomic E-state index is 5.94. The summed E-state index contributed by atoms with van der Waals surface area (Å²) in [6, 6.07) is 5.78. The maximum Gasteiger partial charge on any atom is 0.0819 e. The molecule has 2 N–H and O–H groups in total. The first-order valence-electron chi connectivity index (χ1n) is 4.66. The molecule has 1 aromatic carbocycles. The predicted molar refractivity (Wildman–Crippen MR) is 62.5 cm³/mol. The zero-order valence-corrected chi connectivity index (χ0v) is 9.42. The Kier molecular flexibility index (Phi) is 2.40. The highest BCUT2D eigenvalue weighted by Gasteiger charge is 2.04. The van der Waals surface area contributed by atoms with Gasteiger partial charge in [-0.1, -0.05) is 11.6 Å². The molecule has 0 aliphatic rings. The van der Waals surface area contributed by atoms with E-state index < -0.39 is 0 Å². The van der Waals surface area contributed by atoms with Gasteiger partial charge in [-0.3, -0.25) is 0 Å². The number of aromatic nitrogens is 2. The average Bonchev–Trinajstić information content (AvgIpc) is 2.52. The molecule has 0 fully saturated rings. The number of rotatable bonds is 1. The maximum absolute atomic E-state index is 5.94. The van der Waals surface area contributed by atoms with Crippen LogP contribution in [0.4, 0.5) is 5.69 Å². The normalized spacial score (nSPS) is 10.6. The number of halogens is 1. The molecule has 4 heteroatoms. The lowest BCUT2D eigenvalue weighted by Gasteiger charge is -2.04. The Balaban J connectivity index is 2.49. The third-order valence-electron chi connectivity index (χ3n) is 2.36. The molecule has 1 aromatic heterocycles. The smallest absolute Gasteiger partial charge is 0.0819 e. The molecule has 0 unspecified atom stereocenters. The molecule has 1 heterocycles. The Bertz CT molecular complexity index is 483. The van der Waals surface area contributed by atoms with E-state index in [0.29, 0.717) is 5.02 Å². The summed E-state index contributed by atoms with van der Waals surface area (Å²) in [5, 5.41) is 4.97. The molecule has 0 amide bonds. The van der Waals surface area contributed by atoms with Gasteiger partial charge < -0.3 is 5.73 Å². The van der Waals surface area contributed by atoms with Gasteiger partial charge >= 0.3 is 0 Å². The van der Waals surface area contributed by atoms with Crippen LogP contribution < -0.4 is 5.73 Å². The molecule has 2 aromatic rings. The van der Waals surface area contributed by atoms with Gasteiger partial charge in [0.25, 0.3) is 0 Å². The van der Waals surface area contributed by atoms with E-state index >= 15 is 0 Å². The zero-order chi connectivity index (χ0) is 11.0. The van der Waals surface area contributed by atoms with Crippen LogP contribution in [0.3, 0.4) is 0 Å². The lowest BCUT2D eigenvalue weighted by molar-refractivity contribution is 0.862. The van der Waals surface area contributed by atoms with Gasteiger partial charge in [0.1, 0.15) is 0 Å². The Labute approximate surface area is 93.5 Å². The van der Waals surface area contributed by atoms with Crippen molar-refractivity contribution in [1.29, 1.82) is 0 Å². The van der Waals surface area contributed by atoms with Gasteiger partial charge in [0.2, 0.25) is 0 Å². The van der Waals surface area contributed by atoms with Crippen molar-refractivity contribution in [2.75, 3.05) is 5.73 Å². The standard InChI is InChI=1S/C11H12ClN3/c1-7-5-9(3-4-11(7)13)15-6-10(12)8(2)14-15/h3-6H,13H2,1-2H3. The predicted octanol–water partition coefficient (Wildman–Crippen LogP) is 2.72. The quantitative estimate of drug-likeness (QED) is 0.753. The zero-order valence-electron chi connectivity index (χ0n) is 8.66. The summed E-state index contributed by atoms with van der Waals surface area (Å²) in [6.07, 6.45) is 1.79. The summed E-state index contributed by atoms with van der Waals surface area (Å²) in [5.41, 5.74) is 9.37. The highest BCUT2D eigenvalue weighted by molar-refractivity contribution is 6.31. The third-order valence-corrected chi connectivity index (χ3v) is 2.73. The van der Waals surface area contributed by atoms with Crippen LogP contribution >= 0.6 is 11.6 Å². The fourth-order valence-corrected chi connectivity index (χ4v) is 1.50. The van der Waals surface area contributed by atoms with Gasteiger partial charge in [-0.15, -0.1) is 0 Å². The van der Waals surface area contributed by atoms with Crippen LogP contribution in [0.25, 0.3) is 5.69 Å². The fraction of sp³-hybridized carbons (Fsp3) is 0.182. The minimum absolute atomic E-state index is 0.671. The van der Waals surface area contributed by atoms with Gasteiger partial charge in [-0.25, -0.2) is 4.68 Å². The van der Waals surface area contributed by atoms with Crippen molar-refractivity contribution >= 4 is 17.3 Å². The molecule has 3 nitrogen and oxygen atoms in total. The van der Waals surface area contributed by atoms with E-state index in [1.54, 1.807) is 10.9 Å². The minimum Gasteiger partial charge on any atom is -0.399 e. The molecule has 0 atom stereocenters. The highest BCUT2D eigenvalue weighted by Crippen LogP contribution is 2.19. The van der Waals surface area contributed by atoms with Crippen molar-refractivity contribution in [1.82, 2.24) is 9.78 Å². The van der Waals surface area contributed by atoms with Crippen LogP contribution in [0.2, 0.25) is 5.02 Å². The second-order valence-electron chi connectivity index (χ2n) is 3.55. The fourth-order valence-electron chi connectivity index (χ4n) is 1.37. The Morgan fingerprint density at radius 1 is 1.33 bits per heavy atom. The molecule has 0 bridgehead atoms. The van der Waals surface area contributed by atoms with E-state index in [-0.39, 0.29) is 0 Å². The van der Waals surface area contributed by atoms with Crippen molar-refractivity contribution < 1.29 is 0 Å². The van der Waals surface area contributed by atoms with Crippen LogP contribution in [0.5, 0.6) is 0 Å². The van der Waals surface area contributed by atoms with Gasteiger partial charge in [0.05, 0.1) is 16.4 Å². The van der Waals surface area contributed by atoms with E-state index in [9.17, 15) is 0 Å². The van der Waals surface area contributed by atoms with Crippen LogP contribution in [0, 0.1) is 13.8 Å². The SMILES string of the molecule is Cc1cc(-n2cc(Cl)c(C)n2)ccc1N. The Morgan fingerprint density at radius 3 is 2.60 bits per heavy atom. The van der Waals surface area contributed by atoms with Crippen LogP contribution in [-0.2, 0) is 0 Å². The molecule has 2 rings (SSSR count). The lowest BCUT2D eigenvalue weighted by Crippen LogP contribution is -1.97. The van der Waals surface area contributed by atoms with Gasteiger partial charge in [-0.2, -0.15) is 5.10 Å². The van der Waals surface area contributed by atoms with Crippen LogP contribution in [-0.4, -0.2) is 9.78 Å². The van der Waals surface area contributed by atoms with Crippen molar-refractivity contribution in [2.24, 2.45) is 0 Å². The summed E-state index contributed by atoms with van der Waals surface area (Å²) in [6.45, 7) is 3.85. The van der Waals surface area contributed by atoms with E-state index in [1.165, 1.54) is 0 Å². The minimum atomic E-state index is 0.671. The largest absolute Gasteiger partial charge is 0.399 e. The second kappa shape index (κ2) is 3.59. The molecule has 0 aliphatic carbocycles. The number of benzene rings is 1. The van der Waals surface area contributed by atoms with Crippen molar-refractivity contribution in [3.8, 4) is 5.69 Å². The first-order chi connectivity index (χ1) is 7.08. The average molecular weight is 222 g/mol. The van der Waals surface area contributed by atoms with Gasteiger partial charge in [-0.05, 0) is 37.6 Å². The lowest BCUT2D eigenvalue weighted by atomic mass is 10.2. The van der Waals surface area contributed by atoms with Gasteiger partial charge in [0, 0.05) is 11.9 Å². The molecule has 0 saturated heterocycles. The Morgan fingerprint density at radius 2 is 2.07 bits per heavy atom. The van der Waals surface area contributed by atoms with Gasteiger partial charge in [0.15, 0.2) is 0 Å². The first kappa shape index (κ1) is 10.1. The number of nitrogens with two attached hydrogens (primary N) is 1. The number of nitrogen functional groups attached to an aromatic ring is 1. The molecular formula is C11H12ClN3. The molecule has 0 aliphatic heterocycles. The number of hydrogen-bond donors (Lipinski definition) is 1.